The fourth-order valence-electron chi connectivity index (χ4n) is 4.07. The zero-order valence-corrected chi connectivity index (χ0v) is 14.8. The molecule has 0 aliphatic carbocycles. The molecule has 3 aromatic rings. The van der Waals surface area contributed by atoms with Crippen molar-refractivity contribution >= 4 is 10.9 Å². The summed E-state index contributed by atoms with van der Waals surface area (Å²) in [5.41, 5.74) is 2.09. The van der Waals surface area contributed by atoms with Gasteiger partial charge in [0.25, 0.3) is 5.56 Å². The fraction of sp³-hybridized carbons (Fsp3) is 0.273. The summed E-state index contributed by atoms with van der Waals surface area (Å²) in [6.45, 7) is 2.55. The first-order valence-corrected chi connectivity index (χ1v) is 9.22. The van der Waals surface area contributed by atoms with Crippen LogP contribution in [0.15, 0.2) is 47.3 Å². The highest BCUT2D eigenvalue weighted by Gasteiger charge is 2.31. The average Bonchev–Trinajstić information content (AvgIpc) is 3.12. The smallest absolute Gasteiger partial charge is 0.261 e. The molecule has 3 heterocycles. The largest absolute Gasteiger partial charge is 0.293 e. The van der Waals surface area contributed by atoms with E-state index >= 15 is 0 Å². The van der Waals surface area contributed by atoms with Gasteiger partial charge < -0.3 is 0 Å². The van der Waals surface area contributed by atoms with Crippen LogP contribution in [0.1, 0.15) is 29.8 Å². The maximum absolute atomic E-state index is 13.3. The molecule has 0 radical (unpaired) electrons. The van der Waals surface area contributed by atoms with Crippen LogP contribution in [0, 0.1) is 17.7 Å². The van der Waals surface area contributed by atoms with Crippen LogP contribution in [-0.4, -0.2) is 27.0 Å². The second-order valence-electron chi connectivity index (χ2n) is 7.20. The Balaban J connectivity index is 1.55. The minimum absolute atomic E-state index is 0.0335. The first kappa shape index (κ1) is 16.2. The van der Waals surface area contributed by atoms with Crippen LogP contribution >= 0.6 is 0 Å². The normalized spacial score (nSPS) is 18.6. The van der Waals surface area contributed by atoms with Gasteiger partial charge in [-0.2, -0.15) is 0 Å². The highest BCUT2D eigenvalue weighted by molar-refractivity contribution is 5.79. The number of halogens is 1. The molecule has 0 spiro atoms. The van der Waals surface area contributed by atoms with E-state index in [0.717, 1.165) is 37.4 Å². The molecule has 1 unspecified atom stereocenters. The lowest BCUT2D eigenvalue weighted by Crippen LogP contribution is -2.43. The van der Waals surface area contributed by atoms with Gasteiger partial charge in [-0.05, 0) is 55.8 Å². The van der Waals surface area contributed by atoms with Gasteiger partial charge in [0.2, 0.25) is 0 Å². The van der Waals surface area contributed by atoms with Crippen LogP contribution in [0.5, 0.6) is 0 Å². The maximum Gasteiger partial charge on any atom is 0.261 e. The summed E-state index contributed by atoms with van der Waals surface area (Å²) in [6, 6.07) is 12.1. The van der Waals surface area contributed by atoms with Crippen LogP contribution in [-0.2, 0) is 13.1 Å². The molecule has 0 amide bonds. The lowest BCUT2D eigenvalue weighted by Gasteiger charge is -2.31. The van der Waals surface area contributed by atoms with Gasteiger partial charge in [0.05, 0.1) is 17.4 Å². The van der Waals surface area contributed by atoms with Crippen molar-refractivity contribution in [2.45, 2.75) is 32.0 Å². The van der Waals surface area contributed by atoms with Crippen LogP contribution in [0.25, 0.3) is 10.9 Å². The molecule has 2 aliphatic heterocycles. The first-order chi connectivity index (χ1) is 13.2. The lowest BCUT2D eigenvalue weighted by molar-refractivity contribution is 0.181. The number of hydrogen-bond acceptors (Lipinski definition) is 3. The van der Waals surface area contributed by atoms with E-state index in [2.05, 4.69) is 16.7 Å². The highest BCUT2D eigenvalue weighted by Crippen LogP contribution is 2.25. The van der Waals surface area contributed by atoms with Crippen molar-refractivity contribution in [3.63, 3.8) is 0 Å². The zero-order valence-electron chi connectivity index (χ0n) is 14.8. The number of fused-ring (bicyclic) bond motifs is 3. The van der Waals surface area contributed by atoms with Crippen molar-refractivity contribution < 1.29 is 4.39 Å². The van der Waals surface area contributed by atoms with Gasteiger partial charge in [0, 0.05) is 23.7 Å². The molecule has 27 heavy (non-hydrogen) atoms. The van der Waals surface area contributed by atoms with E-state index < -0.39 is 0 Å². The minimum atomic E-state index is -0.304. The Kier molecular flexibility index (Phi) is 3.80. The molecule has 0 bridgehead atoms. The molecule has 2 aromatic carbocycles. The van der Waals surface area contributed by atoms with E-state index in [0.29, 0.717) is 22.5 Å². The van der Waals surface area contributed by atoms with Crippen molar-refractivity contribution in [2.75, 3.05) is 6.54 Å². The molecule has 5 heteroatoms. The highest BCUT2D eigenvalue weighted by atomic mass is 19.1. The summed E-state index contributed by atoms with van der Waals surface area (Å²) < 4.78 is 15.1. The third-order valence-electron chi connectivity index (χ3n) is 5.45. The molecule has 1 saturated heterocycles. The zero-order chi connectivity index (χ0) is 18.4. The molecule has 134 valence electrons. The third-order valence-corrected chi connectivity index (χ3v) is 5.45. The van der Waals surface area contributed by atoms with Gasteiger partial charge in [0.15, 0.2) is 0 Å². The molecule has 1 atom stereocenters. The Labute approximate surface area is 156 Å². The predicted octanol–water partition coefficient (Wildman–Crippen LogP) is 2.91. The Morgan fingerprint density at radius 3 is 2.81 bits per heavy atom. The van der Waals surface area contributed by atoms with E-state index in [-0.39, 0.29) is 11.4 Å². The number of rotatable bonds is 0. The van der Waals surface area contributed by atoms with Crippen molar-refractivity contribution in [3.8, 4) is 11.8 Å². The average molecular weight is 359 g/mol. The van der Waals surface area contributed by atoms with E-state index in [4.69, 9.17) is 4.98 Å². The van der Waals surface area contributed by atoms with Crippen molar-refractivity contribution in [3.05, 3.63) is 75.6 Å². The molecule has 2 aliphatic rings. The second-order valence-corrected chi connectivity index (χ2v) is 7.20. The number of hydrogen-bond donors (Lipinski definition) is 0. The molecule has 1 fully saturated rings. The van der Waals surface area contributed by atoms with Gasteiger partial charge in [0.1, 0.15) is 11.6 Å². The van der Waals surface area contributed by atoms with Crippen LogP contribution in [0.4, 0.5) is 4.39 Å². The van der Waals surface area contributed by atoms with Crippen LogP contribution in [0.2, 0.25) is 0 Å². The Morgan fingerprint density at radius 2 is 1.96 bits per heavy atom. The summed E-state index contributed by atoms with van der Waals surface area (Å²) in [4.78, 5) is 20.1. The lowest BCUT2D eigenvalue weighted by atomic mass is 10.1. The standard InChI is InChI=1S/C22H18FN3O/c23-17-4-1-3-15(11-17)6-7-16-8-9-19-20(12-16)24-21-14-25-10-2-5-18(25)13-26(21)22(19)27/h1,3-4,8-9,11-12,18H,2,5,10,13-14H2. The summed E-state index contributed by atoms with van der Waals surface area (Å²) in [5.74, 6) is 6.54. The molecule has 0 N–H and O–H groups in total. The van der Waals surface area contributed by atoms with Gasteiger partial charge in [-0.25, -0.2) is 9.37 Å². The summed E-state index contributed by atoms with van der Waals surface area (Å²) in [6.07, 6.45) is 2.34. The Bertz CT molecular complexity index is 1170. The van der Waals surface area contributed by atoms with E-state index in [1.807, 2.05) is 16.7 Å². The molecular formula is C22H18FN3O. The van der Waals surface area contributed by atoms with Crippen molar-refractivity contribution in [1.82, 2.24) is 14.5 Å². The number of aromatic nitrogens is 2. The molecule has 0 saturated carbocycles. The SMILES string of the molecule is O=c1c2ccc(C#Cc3cccc(F)c3)cc2nc2n1CC1CCCN1C2. The quantitative estimate of drug-likeness (QED) is 0.579. The van der Waals surface area contributed by atoms with Crippen LogP contribution < -0.4 is 5.56 Å². The topological polar surface area (TPSA) is 38.1 Å². The van der Waals surface area contributed by atoms with Crippen molar-refractivity contribution in [2.24, 2.45) is 0 Å². The molecular weight excluding hydrogens is 341 g/mol. The molecule has 4 nitrogen and oxygen atoms in total. The summed E-state index contributed by atoms with van der Waals surface area (Å²) in [7, 11) is 0. The number of benzene rings is 2. The monoisotopic (exact) mass is 359 g/mol. The van der Waals surface area contributed by atoms with E-state index in [9.17, 15) is 9.18 Å². The second kappa shape index (κ2) is 6.33. The molecule has 5 rings (SSSR count). The Hall–Kier alpha value is -2.97. The third kappa shape index (κ3) is 2.92. The van der Waals surface area contributed by atoms with Gasteiger partial charge in [-0.15, -0.1) is 0 Å². The summed E-state index contributed by atoms with van der Waals surface area (Å²) >= 11 is 0. The van der Waals surface area contributed by atoms with Gasteiger partial charge >= 0.3 is 0 Å². The van der Waals surface area contributed by atoms with E-state index in [1.165, 1.54) is 18.6 Å². The fourth-order valence-corrected chi connectivity index (χ4v) is 4.07. The predicted molar refractivity (Wildman–Crippen MR) is 102 cm³/mol. The first-order valence-electron chi connectivity index (χ1n) is 9.22. The maximum atomic E-state index is 13.3. The Morgan fingerprint density at radius 1 is 1.11 bits per heavy atom. The summed E-state index contributed by atoms with van der Waals surface area (Å²) in [5, 5.41) is 0.626. The van der Waals surface area contributed by atoms with E-state index in [1.54, 1.807) is 18.2 Å². The minimum Gasteiger partial charge on any atom is -0.293 e. The van der Waals surface area contributed by atoms with Crippen LogP contribution in [0.3, 0.4) is 0 Å². The van der Waals surface area contributed by atoms with Gasteiger partial charge in [-0.1, -0.05) is 17.9 Å². The number of nitrogens with zero attached hydrogens (tertiary/aromatic N) is 3. The van der Waals surface area contributed by atoms with Gasteiger partial charge in [-0.3, -0.25) is 14.3 Å². The van der Waals surface area contributed by atoms with Crippen molar-refractivity contribution in [1.29, 1.82) is 0 Å². The molecule has 1 aromatic heterocycles.